The lowest BCUT2D eigenvalue weighted by Gasteiger charge is -2.15. The second-order valence-electron chi connectivity index (χ2n) is 6.36. The molecule has 0 fully saturated rings. The molecule has 0 spiro atoms. The summed E-state index contributed by atoms with van der Waals surface area (Å²) in [5.41, 5.74) is 0.963. The summed E-state index contributed by atoms with van der Waals surface area (Å²) in [6, 6.07) is 16.9. The Hall–Kier alpha value is -3.58. The van der Waals surface area contributed by atoms with E-state index in [0.717, 1.165) is 10.8 Å². The summed E-state index contributed by atoms with van der Waals surface area (Å²) in [5, 5.41) is 11.8. The molecule has 3 N–H and O–H groups in total. The molecular formula is C21H18N2O5. The molecule has 7 nitrogen and oxygen atoms in total. The van der Waals surface area contributed by atoms with Crippen molar-refractivity contribution in [3.63, 3.8) is 0 Å². The van der Waals surface area contributed by atoms with Crippen molar-refractivity contribution in [3.8, 4) is 11.5 Å². The minimum absolute atomic E-state index is 0.0276. The molecule has 0 atom stereocenters. The molecule has 0 amide bonds. The Morgan fingerprint density at radius 2 is 1.18 bits per heavy atom. The summed E-state index contributed by atoms with van der Waals surface area (Å²) in [6.07, 6.45) is -0.865. The minimum Gasteiger partial charge on any atom is -0.490 e. The number of aliphatic hydroxyl groups excluding tert-OH is 1. The third kappa shape index (κ3) is 3.74. The van der Waals surface area contributed by atoms with E-state index in [0.29, 0.717) is 22.5 Å². The van der Waals surface area contributed by atoms with Crippen LogP contribution in [0.1, 0.15) is 0 Å². The van der Waals surface area contributed by atoms with Crippen LogP contribution in [0.5, 0.6) is 11.5 Å². The van der Waals surface area contributed by atoms with Gasteiger partial charge in [-0.1, -0.05) is 12.1 Å². The maximum Gasteiger partial charge on any atom is 0.248 e. The van der Waals surface area contributed by atoms with Crippen LogP contribution in [0.2, 0.25) is 0 Å². The first-order chi connectivity index (χ1) is 13.6. The average molecular weight is 378 g/mol. The van der Waals surface area contributed by atoms with E-state index in [1.807, 2.05) is 0 Å². The van der Waals surface area contributed by atoms with Gasteiger partial charge in [0.25, 0.3) is 0 Å². The second kappa shape index (κ2) is 7.58. The van der Waals surface area contributed by atoms with Crippen LogP contribution in [0.25, 0.3) is 21.8 Å². The van der Waals surface area contributed by atoms with Gasteiger partial charge in [0.2, 0.25) is 11.1 Å². The summed E-state index contributed by atoms with van der Waals surface area (Å²) in [6.45, 7) is 0.0552. The Balaban J connectivity index is 1.43. The normalized spacial score (nSPS) is 11.2. The molecule has 0 bridgehead atoms. The fraction of sp³-hybridized carbons (Fsp3) is 0.143. The monoisotopic (exact) mass is 378 g/mol. The number of hydrogen-bond donors (Lipinski definition) is 3. The Morgan fingerprint density at radius 1 is 0.714 bits per heavy atom. The molecule has 0 saturated heterocycles. The van der Waals surface area contributed by atoms with Gasteiger partial charge >= 0.3 is 0 Å². The van der Waals surface area contributed by atoms with E-state index < -0.39 is 6.10 Å². The summed E-state index contributed by atoms with van der Waals surface area (Å²) in [7, 11) is 0. The van der Waals surface area contributed by atoms with Crippen molar-refractivity contribution in [1.29, 1.82) is 0 Å². The van der Waals surface area contributed by atoms with Crippen LogP contribution in [0.15, 0.2) is 70.3 Å². The molecule has 0 unspecified atom stereocenters. The summed E-state index contributed by atoms with van der Waals surface area (Å²) >= 11 is 0. The highest BCUT2D eigenvalue weighted by atomic mass is 16.5. The number of hydrogen-bond acceptors (Lipinski definition) is 5. The van der Waals surface area contributed by atoms with Crippen molar-refractivity contribution in [1.82, 2.24) is 9.97 Å². The third-order valence-electron chi connectivity index (χ3n) is 4.31. The van der Waals surface area contributed by atoms with E-state index in [1.54, 1.807) is 48.5 Å². The van der Waals surface area contributed by atoms with E-state index in [2.05, 4.69) is 9.97 Å². The van der Waals surface area contributed by atoms with Gasteiger partial charge in [0.05, 0.1) is 11.0 Å². The van der Waals surface area contributed by atoms with Gasteiger partial charge in [0.1, 0.15) is 30.8 Å². The predicted octanol–water partition coefficient (Wildman–Crippen LogP) is 2.19. The van der Waals surface area contributed by atoms with Gasteiger partial charge < -0.3 is 24.5 Å². The first kappa shape index (κ1) is 17.8. The van der Waals surface area contributed by atoms with Gasteiger partial charge in [-0.3, -0.25) is 9.59 Å². The van der Waals surface area contributed by atoms with Crippen LogP contribution >= 0.6 is 0 Å². The predicted molar refractivity (Wildman–Crippen MR) is 106 cm³/mol. The van der Waals surface area contributed by atoms with Crippen molar-refractivity contribution in [2.75, 3.05) is 13.2 Å². The molecule has 28 heavy (non-hydrogen) atoms. The quantitative estimate of drug-likeness (QED) is 0.477. The summed E-state index contributed by atoms with van der Waals surface area (Å²) in [5.74, 6) is 1.13. The molecule has 2 aromatic carbocycles. The van der Waals surface area contributed by atoms with Crippen LogP contribution < -0.4 is 20.6 Å². The number of ether oxygens (including phenoxy) is 2. The SMILES string of the molecule is O=c1ccc2c(OCC(O)COc3cccc4[nH]c(=O)ccc34)cccc2[nH]1. The molecule has 2 heterocycles. The second-order valence-corrected chi connectivity index (χ2v) is 6.36. The molecule has 0 aliphatic heterocycles. The number of nitrogens with one attached hydrogen (secondary N) is 2. The molecule has 4 rings (SSSR count). The number of rotatable bonds is 6. The minimum atomic E-state index is -0.865. The first-order valence-electron chi connectivity index (χ1n) is 8.78. The Morgan fingerprint density at radius 3 is 1.64 bits per heavy atom. The highest BCUT2D eigenvalue weighted by molar-refractivity contribution is 5.85. The van der Waals surface area contributed by atoms with Crippen molar-refractivity contribution >= 4 is 21.8 Å². The van der Waals surface area contributed by atoms with Gasteiger partial charge in [-0.15, -0.1) is 0 Å². The van der Waals surface area contributed by atoms with Crippen molar-refractivity contribution in [2.45, 2.75) is 6.10 Å². The number of aromatic nitrogens is 2. The zero-order valence-corrected chi connectivity index (χ0v) is 14.8. The third-order valence-corrected chi connectivity index (χ3v) is 4.31. The average Bonchev–Trinajstić information content (AvgIpc) is 2.70. The highest BCUT2D eigenvalue weighted by Crippen LogP contribution is 2.24. The lowest BCUT2D eigenvalue weighted by Crippen LogP contribution is -2.25. The summed E-state index contributed by atoms with van der Waals surface area (Å²) < 4.78 is 11.4. The Labute approximate surface area is 159 Å². The van der Waals surface area contributed by atoms with Crippen molar-refractivity contribution in [3.05, 3.63) is 81.4 Å². The van der Waals surface area contributed by atoms with E-state index >= 15 is 0 Å². The first-order valence-corrected chi connectivity index (χ1v) is 8.78. The molecule has 0 aliphatic rings. The maximum atomic E-state index is 11.4. The number of pyridine rings is 2. The van der Waals surface area contributed by atoms with E-state index in [9.17, 15) is 14.7 Å². The van der Waals surface area contributed by atoms with Crippen LogP contribution in [-0.4, -0.2) is 34.4 Å². The number of H-pyrrole nitrogens is 2. The molecule has 0 aliphatic carbocycles. The molecule has 0 saturated carbocycles. The summed E-state index contributed by atoms with van der Waals surface area (Å²) in [4.78, 5) is 28.3. The van der Waals surface area contributed by atoms with Gasteiger partial charge in [0.15, 0.2) is 0 Å². The van der Waals surface area contributed by atoms with Crippen molar-refractivity contribution in [2.24, 2.45) is 0 Å². The van der Waals surface area contributed by atoms with Gasteiger partial charge in [0, 0.05) is 22.9 Å². The lowest BCUT2D eigenvalue weighted by atomic mass is 10.2. The molecule has 2 aromatic heterocycles. The molecule has 4 aromatic rings. The zero-order chi connectivity index (χ0) is 19.5. The Kier molecular flexibility index (Phi) is 4.82. The van der Waals surface area contributed by atoms with Gasteiger partial charge in [-0.25, -0.2) is 0 Å². The topological polar surface area (TPSA) is 104 Å². The fourth-order valence-electron chi connectivity index (χ4n) is 2.99. The number of fused-ring (bicyclic) bond motifs is 2. The van der Waals surface area contributed by atoms with Crippen LogP contribution in [0.4, 0.5) is 0 Å². The van der Waals surface area contributed by atoms with Crippen LogP contribution in [0, 0.1) is 0 Å². The van der Waals surface area contributed by atoms with Gasteiger partial charge in [-0.2, -0.15) is 0 Å². The standard InChI is InChI=1S/C21H18N2O5/c24-13(11-27-18-5-1-3-16-14(18)7-9-20(25)22-16)12-28-19-6-2-4-17-15(19)8-10-21(26)23-17/h1-10,13,24H,11-12H2,(H,22,25)(H,23,26). The molecule has 0 radical (unpaired) electrons. The van der Waals surface area contributed by atoms with Crippen molar-refractivity contribution < 1.29 is 14.6 Å². The number of benzene rings is 2. The van der Waals surface area contributed by atoms with Crippen LogP contribution in [0.3, 0.4) is 0 Å². The maximum absolute atomic E-state index is 11.4. The highest BCUT2D eigenvalue weighted by Gasteiger charge is 2.10. The van der Waals surface area contributed by atoms with E-state index in [4.69, 9.17) is 9.47 Å². The molecule has 142 valence electrons. The number of aromatic amines is 2. The number of aliphatic hydroxyl groups is 1. The largest absolute Gasteiger partial charge is 0.490 e. The lowest BCUT2D eigenvalue weighted by molar-refractivity contribution is 0.0637. The fourth-order valence-corrected chi connectivity index (χ4v) is 2.99. The smallest absolute Gasteiger partial charge is 0.248 e. The van der Waals surface area contributed by atoms with Gasteiger partial charge in [-0.05, 0) is 36.4 Å². The Bertz CT molecular complexity index is 1150. The van der Waals surface area contributed by atoms with E-state index in [1.165, 1.54) is 12.1 Å². The zero-order valence-electron chi connectivity index (χ0n) is 14.8. The van der Waals surface area contributed by atoms with Crippen LogP contribution in [-0.2, 0) is 0 Å². The molecule has 7 heteroatoms. The van der Waals surface area contributed by atoms with E-state index in [-0.39, 0.29) is 24.3 Å². The molecular weight excluding hydrogens is 360 g/mol.